The lowest BCUT2D eigenvalue weighted by Crippen LogP contribution is -2.23. The van der Waals surface area contributed by atoms with Crippen LogP contribution in [0.15, 0.2) is 55.8 Å². The van der Waals surface area contributed by atoms with Crippen LogP contribution < -0.4 is 11.0 Å². The Bertz CT molecular complexity index is 1100. The molecule has 0 atom stereocenters. The van der Waals surface area contributed by atoms with Crippen LogP contribution in [0.4, 0.5) is 0 Å². The highest BCUT2D eigenvalue weighted by Crippen LogP contribution is 2.23. The van der Waals surface area contributed by atoms with Crippen molar-refractivity contribution in [3.8, 4) is 5.75 Å². The van der Waals surface area contributed by atoms with Gasteiger partial charge in [-0.3, -0.25) is 14.2 Å². The van der Waals surface area contributed by atoms with Gasteiger partial charge >= 0.3 is 0 Å². The lowest BCUT2D eigenvalue weighted by molar-refractivity contribution is 0.419. The molecule has 6 nitrogen and oxygen atoms in total. The molecule has 0 aliphatic rings. The maximum Gasteiger partial charge on any atom is 0.262 e. The van der Waals surface area contributed by atoms with E-state index in [0.29, 0.717) is 34.1 Å². The first-order chi connectivity index (χ1) is 14.5. The monoisotopic (exact) mass is 428 g/mol. The van der Waals surface area contributed by atoms with Gasteiger partial charge in [-0.25, -0.2) is 4.98 Å². The van der Waals surface area contributed by atoms with E-state index in [4.69, 9.17) is 4.42 Å². The minimum atomic E-state index is -0.484. The molecule has 3 aromatic rings. The van der Waals surface area contributed by atoms with Crippen molar-refractivity contribution in [1.82, 2.24) is 9.55 Å². The van der Waals surface area contributed by atoms with Gasteiger partial charge in [0.05, 0.1) is 16.7 Å². The molecule has 0 unspecified atom stereocenters. The number of hydrogen-bond donors (Lipinski definition) is 1. The summed E-state index contributed by atoms with van der Waals surface area (Å²) in [5.41, 5.74) is 0.130. The highest BCUT2D eigenvalue weighted by molar-refractivity contribution is 7.98. The predicted octanol–water partition coefficient (Wildman–Crippen LogP) is 4.95. The first-order valence-electron chi connectivity index (χ1n) is 10.4. The molecule has 30 heavy (non-hydrogen) atoms. The van der Waals surface area contributed by atoms with Gasteiger partial charge in [0.1, 0.15) is 12.0 Å². The first kappa shape index (κ1) is 22.2. The third kappa shape index (κ3) is 5.75. The summed E-state index contributed by atoms with van der Waals surface area (Å²) in [6.45, 7) is 5.08. The average Bonchev–Trinajstić information content (AvgIpc) is 2.72. The van der Waals surface area contributed by atoms with Crippen molar-refractivity contribution in [2.45, 2.75) is 63.4 Å². The molecule has 2 heterocycles. The van der Waals surface area contributed by atoms with Crippen LogP contribution in [-0.2, 0) is 12.3 Å². The van der Waals surface area contributed by atoms with E-state index in [-0.39, 0.29) is 5.56 Å². The molecule has 0 aliphatic heterocycles. The normalized spacial score (nSPS) is 11.4. The van der Waals surface area contributed by atoms with Gasteiger partial charge in [0.2, 0.25) is 5.43 Å². The zero-order valence-electron chi connectivity index (χ0n) is 17.5. The minimum absolute atomic E-state index is 0.0440. The fourth-order valence-corrected chi connectivity index (χ4v) is 4.20. The van der Waals surface area contributed by atoms with E-state index in [1.165, 1.54) is 30.7 Å². The van der Waals surface area contributed by atoms with Crippen molar-refractivity contribution in [3.63, 3.8) is 0 Å². The van der Waals surface area contributed by atoms with E-state index in [9.17, 15) is 14.7 Å². The van der Waals surface area contributed by atoms with Crippen LogP contribution in [0, 0.1) is 5.92 Å². The number of benzene rings is 1. The first-order valence-corrected chi connectivity index (χ1v) is 11.4. The maximum atomic E-state index is 13.1. The molecule has 0 fully saturated rings. The number of nitrogens with zero attached hydrogens (tertiary/aromatic N) is 2. The van der Waals surface area contributed by atoms with Gasteiger partial charge in [0, 0.05) is 12.6 Å². The summed E-state index contributed by atoms with van der Waals surface area (Å²) in [5.74, 6) is 1.07. The van der Waals surface area contributed by atoms with Gasteiger partial charge < -0.3 is 9.52 Å². The van der Waals surface area contributed by atoms with E-state index in [0.717, 1.165) is 31.4 Å². The second-order valence-electron chi connectivity index (χ2n) is 7.85. The number of rotatable bonds is 10. The van der Waals surface area contributed by atoms with E-state index >= 15 is 0 Å². The molecule has 3 rings (SSSR count). The predicted molar refractivity (Wildman–Crippen MR) is 120 cm³/mol. The molecule has 0 saturated carbocycles. The van der Waals surface area contributed by atoms with Crippen molar-refractivity contribution >= 4 is 22.7 Å². The van der Waals surface area contributed by atoms with E-state index in [2.05, 4.69) is 18.8 Å². The quantitative estimate of drug-likeness (QED) is 0.279. The molecule has 7 heteroatoms. The molecule has 0 bridgehead atoms. The Morgan fingerprint density at radius 1 is 1.13 bits per heavy atom. The van der Waals surface area contributed by atoms with Crippen LogP contribution in [-0.4, -0.2) is 14.7 Å². The van der Waals surface area contributed by atoms with Crippen molar-refractivity contribution in [2.75, 3.05) is 0 Å². The maximum absolute atomic E-state index is 13.1. The number of aromatic nitrogens is 2. The molecule has 0 amide bonds. The van der Waals surface area contributed by atoms with E-state index < -0.39 is 11.2 Å². The second kappa shape index (κ2) is 10.5. The topological polar surface area (TPSA) is 85.3 Å². The second-order valence-corrected chi connectivity index (χ2v) is 8.79. The summed E-state index contributed by atoms with van der Waals surface area (Å²) >= 11 is 1.35. The number of hydrogen-bond acceptors (Lipinski definition) is 6. The number of fused-ring (bicyclic) bond motifs is 1. The molecular formula is C23H28N2O4S. The summed E-state index contributed by atoms with van der Waals surface area (Å²) in [7, 11) is 0. The van der Waals surface area contributed by atoms with Gasteiger partial charge in [0.15, 0.2) is 10.9 Å². The van der Waals surface area contributed by atoms with Gasteiger partial charge in [-0.1, -0.05) is 63.4 Å². The van der Waals surface area contributed by atoms with Crippen molar-refractivity contribution < 1.29 is 9.52 Å². The van der Waals surface area contributed by atoms with E-state index in [1.54, 1.807) is 10.6 Å². The Labute approximate surface area is 180 Å². The number of aromatic hydroxyl groups is 1. The standard InChI is InChI=1S/C23H28N2O4S/c1-16(2)9-5-3-4-8-12-25-22(28)18-10-6-7-11-19(18)24-23(25)30-15-17-13-20(26)21(27)14-29-17/h6-7,10-11,13-14,16,27H,3-5,8-9,12,15H2,1-2H3. The van der Waals surface area contributed by atoms with Crippen molar-refractivity contribution in [2.24, 2.45) is 5.92 Å². The highest BCUT2D eigenvalue weighted by Gasteiger charge is 2.13. The van der Waals surface area contributed by atoms with Gasteiger partial charge in [0.25, 0.3) is 5.56 Å². The molecule has 0 saturated heterocycles. The van der Waals surface area contributed by atoms with E-state index in [1.807, 2.05) is 18.2 Å². The summed E-state index contributed by atoms with van der Waals surface area (Å²) in [4.78, 5) is 29.4. The Hall–Kier alpha value is -2.54. The number of unbranched alkanes of at least 4 members (excludes halogenated alkanes) is 3. The van der Waals surface area contributed by atoms with Crippen LogP contribution in [0.2, 0.25) is 0 Å². The zero-order valence-corrected chi connectivity index (χ0v) is 18.3. The van der Waals surface area contributed by atoms with Crippen LogP contribution in [0.1, 0.15) is 51.7 Å². The third-order valence-electron chi connectivity index (χ3n) is 4.95. The Morgan fingerprint density at radius 3 is 2.67 bits per heavy atom. The lowest BCUT2D eigenvalue weighted by Gasteiger charge is -2.13. The zero-order chi connectivity index (χ0) is 21.5. The Morgan fingerprint density at radius 2 is 1.90 bits per heavy atom. The average molecular weight is 429 g/mol. The third-order valence-corrected chi connectivity index (χ3v) is 5.95. The van der Waals surface area contributed by atoms with Gasteiger partial charge in [-0.15, -0.1) is 0 Å². The fraction of sp³-hybridized carbons (Fsp3) is 0.435. The fourth-order valence-electron chi connectivity index (χ4n) is 3.29. The molecule has 1 N–H and O–H groups in total. The minimum Gasteiger partial charge on any atom is -0.502 e. The van der Waals surface area contributed by atoms with Gasteiger partial charge in [-0.05, 0) is 24.5 Å². The summed E-state index contributed by atoms with van der Waals surface area (Å²) in [6, 6.07) is 8.61. The van der Waals surface area contributed by atoms with Crippen molar-refractivity contribution in [1.29, 1.82) is 0 Å². The lowest BCUT2D eigenvalue weighted by atomic mass is 10.0. The molecular weight excluding hydrogens is 400 g/mol. The summed E-state index contributed by atoms with van der Waals surface area (Å²) in [5, 5.41) is 10.6. The largest absolute Gasteiger partial charge is 0.502 e. The summed E-state index contributed by atoms with van der Waals surface area (Å²) < 4.78 is 7.01. The van der Waals surface area contributed by atoms with Crippen LogP contribution in [0.3, 0.4) is 0 Å². The van der Waals surface area contributed by atoms with Crippen molar-refractivity contribution in [3.05, 3.63) is 62.9 Å². The van der Waals surface area contributed by atoms with Crippen LogP contribution in [0.25, 0.3) is 10.9 Å². The molecule has 1 aromatic carbocycles. The highest BCUT2D eigenvalue weighted by atomic mass is 32.2. The Kier molecular flexibility index (Phi) is 7.74. The molecule has 0 spiro atoms. The molecule has 0 radical (unpaired) electrons. The summed E-state index contributed by atoms with van der Waals surface area (Å²) in [6.07, 6.45) is 6.63. The number of para-hydroxylation sites is 1. The Balaban J connectivity index is 1.77. The van der Waals surface area contributed by atoms with Crippen LogP contribution >= 0.6 is 11.8 Å². The number of thioether (sulfide) groups is 1. The molecule has 2 aromatic heterocycles. The molecule has 0 aliphatic carbocycles. The smallest absolute Gasteiger partial charge is 0.262 e. The van der Waals surface area contributed by atoms with Crippen LogP contribution in [0.5, 0.6) is 5.75 Å². The van der Waals surface area contributed by atoms with Gasteiger partial charge in [-0.2, -0.15) is 0 Å². The SMILES string of the molecule is CC(C)CCCCCCn1c(SCc2cc(=O)c(O)co2)nc2ccccc2c1=O. The molecule has 160 valence electrons.